The number of benzene rings is 2. The van der Waals surface area contributed by atoms with E-state index >= 15 is 0 Å². The van der Waals surface area contributed by atoms with Gasteiger partial charge in [0.25, 0.3) is 5.91 Å². The quantitative estimate of drug-likeness (QED) is 0.622. The van der Waals surface area contributed by atoms with Crippen molar-refractivity contribution in [3.63, 3.8) is 0 Å². The van der Waals surface area contributed by atoms with E-state index in [2.05, 4.69) is 21.2 Å². The molecule has 6 heteroatoms. The van der Waals surface area contributed by atoms with Gasteiger partial charge in [0, 0.05) is 11.0 Å². The van der Waals surface area contributed by atoms with E-state index in [1.54, 1.807) is 21.1 Å². The van der Waals surface area contributed by atoms with Crippen LogP contribution in [-0.4, -0.2) is 32.8 Å². The van der Waals surface area contributed by atoms with Crippen LogP contribution in [-0.2, 0) is 11.2 Å². The number of carbonyl (C=O) groups is 1. The Morgan fingerprint density at radius 1 is 1.08 bits per heavy atom. The summed E-state index contributed by atoms with van der Waals surface area (Å²) in [4.78, 5) is 12.1. The molecule has 2 aromatic carbocycles. The molecule has 0 fully saturated rings. The van der Waals surface area contributed by atoms with Crippen molar-refractivity contribution < 1.29 is 19.0 Å². The van der Waals surface area contributed by atoms with Crippen LogP contribution in [0.2, 0.25) is 0 Å². The van der Waals surface area contributed by atoms with Gasteiger partial charge in [0.1, 0.15) is 5.75 Å². The third-order valence-electron chi connectivity index (χ3n) is 3.89. The first-order valence-corrected chi connectivity index (χ1v) is 9.23. The van der Waals surface area contributed by atoms with Crippen LogP contribution < -0.4 is 19.5 Å². The largest absolute Gasteiger partial charge is 0.493 e. The maximum Gasteiger partial charge on any atom is 0.260 e. The van der Waals surface area contributed by atoms with E-state index in [-0.39, 0.29) is 5.91 Å². The second kappa shape index (κ2) is 10.1. The lowest BCUT2D eigenvalue weighted by atomic mass is 10.1. The maximum atomic E-state index is 12.1. The van der Waals surface area contributed by atoms with Gasteiger partial charge in [-0.2, -0.15) is 0 Å². The molecule has 0 aliphatic carbocycles. The number of rotatable bonds is 9. The van der Waals surface area contributed by atoms with Crippen LogP contribution in [0.4, 0.5) is 0 Å². The van der Waals surface area contributed by atoms with Gasteiger partial charge in [-0.15, -0.1) is 0 Å². The van der Waals surface area contributed by atoms with E-state index in [4.69, 9.17) is 14.2 Å². The molecule has 26 heavy (non-hydrogen) atoms. The van der Waals surface area contributed by atoms with E-state index in [0.717, 1.165) is 22.9 Å². The minimum atomic E-state index is -0.544. The molecule has 0 heterocycles. The first-order valence-electron chi connectivity index (χ1n) is 8.44. The first-order chi connectivity index (χ1) is 12.5. The molecule has 0 aromatic heterocycles. The molecule has 0 aliphatic heterocycles. The molecule has 0 aliphatic rings. The van der Waals surface area contributed by atoms with Crippen molar-refractivity contribution in [3.05, 3.63) is 52.5 Å². The predicted octanol–water partition coefficient (Wildman–Crippen LogP) is 3.98. The van der Waals surface area contributed by atoms with Crippen LogP contribution in [0.5, 0.6) is 17.2 Å². The van der Waals surface area contributed by atoms with Crippen LogP contribution in [0.25, 0.3) is 0 Å². The highest BCUT2D eigenvalue weighted by Crippen LogP contribution is 2.27. The summed E-state index contributed by atoms with van der Waals surface area (Å²) in [6.45, 7) is 2.33. The lowest BCUT2D eigenvalue weighted by Crippen LogP contribution is -2.36. The van der Waals surface area contributed by atoms with Gasteiger partial charge in [0.2, 0.25) is 0 Å². The number of aryl methyl sites for hydroxylation is 1. The Labute approximate surface area is 162 Å². The molecular formula is C20H24BrNO4. The monoisotopic (exact) mass is 421 g/mol. The van der Waals surface area contributed by atoms with Gasteiger partial charge >= 0.3 is 0 Å². The smallest absolute Gasteiger partial charge is 0.260 e. The molecule has 1 N–H and O–H groups in total. The molecule has 5 nitrogen and oxygen atoms in total. The van der Waals surface area contributed by atoms with Crippen LogP contribution in [0.1, 0.15) is 18.9 Å². The van der Waals surface area contributed by atoms with Crippen molar-refractivity contribution in [1.82, 2.24) is 5.32 Å². The minimum absolute atomic E-state index is 0.125. The third kappa shape index (κ3) is 5.95. The van der Waals surface area contributed by atoms with E-state index in [1.807, 2.05) is 42.5 Å². The van der Waals surface area contributed by atoms with Crippen molar-refractivity contribution >= 4 is 21.8 Å². The van der Waals surface area contributed by atoms with Gasteiger partial charge in [0.15, 0.2) is 17.6 Å². The lowest BCUT2D eigenvalue weighted by Gasteiger charge is -2.15. The number of amides is 1. The molecule has 2 aromatic rings. The van der Waals surface area contributed by atoms with Gasteiger partial charge in [-0.25, -0.2) is 0 Å². The standard InChI is InChI=1S/C20H24BrNO4/c1-14(26-17-9-7-16(21)8-10-17)20(23)22-12-4-5-15-6-11-18(24-2)19(13-15)25-3/h6-11,13-14H,4-5,12H2,1-3H3,(H,22,23)/t14-/m1/s1. The van der Waals surface area contributed by atoms with Gasteiger partial charge in [-0.1, -0.05) is 22.0 Å². The van der Waals surface area contributed by atoms with Crippen molar-refractivity contribution in [3.8, 4) is 17.2 Å². The number of nitrogens with one attached hydrogen (secondary N) is 1. The zero-order valence-electron chi connectivity index (χ0n) is 15.3. The number of methoxy groups -OCH3 is 2. The highest BCUT2D eigenvalue weighted by atomic mass is 79.9. The Kier molecular flexibility index (Phi) is 7.78. The minimum Gasteiger partial charge on any atom is -0.493 e. The van der Waals surface area contributed by atoms with E-state index in [1.165, 1.54) is 0 Å². The van der Waals surface area contributed by atoms with Gasteiger partial charge in [-0.05, 0) is 61.7 Å². The third-order valence-corrected chi connectivity index (χ3v) is 4.41. The first kappa shape index (κ1) is 20.1. The summed E-state index contributed by atoms with van der Waals surface area (Å²) in [6, 6.07) is 13.3. The summed E-state index contributed by atoms with van der Waals surface area (Å²) >= 11 is 3.37. The highest BCUT2D eigenvalue weighted by molar-refractivity contribution is 9.10. The lowest BCUT2D eigenvalue weighted by molar-refractivity contribution is -0.127. The van der Waals surface area contributed by atoms with Gasteiger partial charge < -0.3 is 19.5 Å². The van der Waals surface area contributed by atoms with Crippen molar-refractivity contribution in [2.24, 2.45) is 0 Å². The van der Waals surface area contributed by atoms with Gasteiger partial charge in [-0.3, -0.25) is 4.79 Å². The van der Waals surface area contributed by atoms with Crippen LogP contribution in [0, 0.1) is 0 Å². The molecule has 0 unspecified atom stereocenters. The molecule has 1 atom stereocenters. The van der Waals surface area contributed by atoms with Crippen molar-refractivity contribution in [1.29, 1.82) is 0 Å². The van der Waals surface area contributed by atoms with E-state index in [0.29, 0.717) is 23.8 Å². The molecule has 0 spiro atoms. The Balaban J connectivity index is 1.75. The second-order valence-electron chi connectivity index (χ2n) is 5.80. The van der Waals surface area contributed by atoms with Crippen LogP contribution in [0.15, 0.2) is 46.9 Å². The molecule has 140 valence electrons. The molecular weight excluding hydrogens is 398 g/mol. The predicted molar refractivity (Wildman–Crippen MR) is 105 cm³/mol. The normalized spacial score (nSPS) is 11.5. The van der Waals surface area contributed by atoms with Crippen molar-refractivity contribution in [2.45, 2.75) is 25.9 Å². The Morgan fingerprint density at radius 3 is 2.42 bits per heavy atom. The van der Waals surface area contributed by atoms with Gasteiger partial charge in [0.05, 0.1) is 14.2 Å². The fourth-order valence-electron chi connectivity index (χ4n) is 2.45. The Bertz CT molecular complexity index is 718. The fraction of sp³-hybridized carbons (Fsp3) is 0.350. The van der Waals surface area contributed by atoms with Crippen molar-refractivity contribution in [2.75, 3.05) is 20.8 Å². The van der Waals surface area contributed by atoms with E-state index < -0.39 is 6.10 Å². The Hall–Kier alpha value is -2.21. The summed E-state index contributed by atoms with van der Waals surface area (Å²) in [5, 5.41) is 2.91. The molecule has 2 rings (SSSR count). The summed E-state index contributed by atoms with van der Waals surface area (Å²) in [5.41, 5.74) is 1.14. The number of hydrogen-bond donors (Lipinski definition) is 1. The number of halogens is 1. The summed E-state index contributed by atoms with van der Waals surface area (Å²) in [5.74, 6) is 1.97. The second-order valence-corrected chi connectivity index (χ2v) is 6.71. The molecule has 0 saturated carbocycles. The average molecular weight is 422 g/mol. The zero-order valence-corrected chi connectivity index (χ0v) is 16.8. The Morgan fingerprint density at radius 2 is 1.77 bits per heavy atom. The highest BCUT2D eigenvalue weighted by Gasteiger charge is 2.14. The average Bonchev–Trinajstić information content (AvgIpc) is 2.66. The topological polar surface area (TPSA) is 56.8 Å². The maximum absolute atomic E-state index is 12.1. The molecule has 1 amide bonds. The van der Waals surface area contributed by atoms with Crippen LogP contribution in [0.3, 0.4) is 0 Å². The fourth-order valence-corrected chi connectivity index (χ4v) is 2.72. The number of ether oxygens (including phenoxy) is 3. The number of carbonyl (C=O) groups excluding carboxylic acids is 1. The summed E-state index contributed by atoms with van der Waals surface area (Å²) in [6.07, 6.45) is 1.12. The van der Waals surface area contributed by atoms with Crippen LogP contribution >= 0.6 is 15.9 Å². The summed E-state index contributed by atoms with van der Waals surface area (Å²) < 4.78 is 17.1. The number of hydrogen-bond acceptors (Lipinski definition) is 4. The molecule has 0 bridgehead atoms. The molecule has 0 saturated heterocycles. The SMILES string of the molecule is COc1ccc(CCCNC(=O)[C@@H](C)Oc2ccc(Br)cc2)cc1OC. The summed E-state index contributed by atoms with van der Waals surface area (Å²) in [7, 11) is 3.24. The molecule has 0 radical (unpaired) electrons. The zero-order chi connectivity index (χ0) is 18.9. The van der Waals surface area contributed by atoms with E-state index in [9.17, 15) is 4.79 Å².